The topological polar surface area (TPSA) is 143 Å². The van der Waals surface area contributed by atoms with E-state index in [-0.39, 0.29) is 57.9 Å². The molecule has 2 aromatic carbocycles. The van der Waals surface area contributed by atoms with Crippen molar-refractivity contribution in [3.05, 3.63) is 117 Å². The van der Waals surface area contributed by atoms with Crippen LogP contribution in [-0.2, 0) is 20.7 Å². The summed E-state index contributed by atoms with van der Waals surface area (Å²) in [6.45, 7) is 1.40. The number of benzene rings is 2. The van der Waals surface area contributed by atoms with E-state index in [1.807, 2.05) is 0 Å². The van der Waals surface area contributed by atoms with Gasteiger partial charge in [0.05, 0.1) is 29.9 Å². The zero-order valence-corrected chi connectivity index (χ0v) is 25.8. The number of rotatable bonds is 9. The number of pyridine rings is 1. The van der Waals surface area contributed by atoms with E-state index >= 15 is 4.39 Å². The van der Waals surface area contributed by atoms with E-state index in [0.717, 1.165) is 18.9 Å². The molecule has 1 aromatic heterocycles. The molecule has 0 saturated heterocycles. The van der Waals surface area contributed by atoms with E-state index in [1.54, 1.807) is 55.6 Å². The van der Waals surface area contributed by atoms with Crippen molar-refractivity contribution < 1.29 is 28.2 Å². The first-order valence-electron chi connectivity index (χ1n) is 14.6. The molecule has 0 radical (unpaired) electrons. The maximum atomic E-state index is 15.2. The molecule has 1 saturated carbocycles. The fourth-order valence-corrected chi connectivity index (χ4v) is 5.53. The number of aliphatic hydroxyl groups is 1. The second kappa shape index (κ2) is 12.0. The lowest BCUT2D eigenvalue weighted by molar-refractivity contribution is -0.118. The summed E-state index contributed by atoms with van der Waals surface area (Å²) in [5, 5.41) is 26.6. The maximum Gasteiger partial charge on any atom is 0.251 e. The molecule has 0 unspecified atom stereocenters. The predicted octanol–water partition coefficient (Wildman–Crippen LogP) is 4.72. The van der Waals surface area contributed by atoms with Gasteiger partial charge in [-0.05, 0) is 49.6 Å². The largest absolute Gasteiger partial charge is 0.494 e. The number of hydrogen-bond acceptors (Lipinski definition) is 8. The number of nitrogens with one attached hydrogen (secondary N) is 3. The molecule has 2 aliphatic carbocycles. The number of nitrogens with two attached hydrogens (primary N) is 1. The number of nitrogens with zero attached hydrogens (tertiary/aromatic N) is 1. The molecule has 238 valence electrons. The standard InChI is InChI=1S/C34H32ClF2N5O4/c1-33(39)17-46-31-23(33)13-28(42-30(31)22-12-24(35)26(37)14-25(22)36)34(44,20-6-4-3-5-7-20)16-41-32(43)18-10-19(15-40-21-8-9-21)29(38)27(11-18)45-2/h3-7,10-15,21,38,40,44H,8-9,16-17,39H2,1-2H3,(H,41,43)/b19-15-,38-29?/t33-,34+/m0/s1. The first kappa shape index (κ1) is 31.4. The van der Waals surface area contributed by atoms with Crippen molar-refractivity contribution in [1.82, 2.24) is 15.6 Å². The lowest BCUT2D eigenvalue weighted by Gasteiger charge is -2.30. The number of allylic oxidation sites excluding steroid dienone is 2. The van der Waals surface area contributed by atoms with Crippen LogP contribution in [-0.4, -0.2) is 48.0 Å². The summed E-state index contributed by atoms with van der Waals surface area (Å²) in [5.74, 6) is -2.03. The summed E-state index contributed by atoms with van der Waals surface area (Å²) < 4.78 is 40.5. The van der Waals surface area contributed by atoms with Gasteiger partial charge in [0.1, 0.15) is 41.0 Å². The van der Waals surface area contributed by atoms with Gasteiger partial charge < -0.3 is 30.9 Å². The van der Waals surface area contributed by atoms with Crippen molar-refractivity contribution in [1.29, 1.82) is 5.41 Å². The van der Waals surface area contributed by atoms with E-state index in [9.17, 15) is 14.3 Å². The molecule has 2 heterocycles. The Morgan fingerprint density at radius 3 is 2.67 bits per heavy atom. The average Bonchev–Trinajstić information content (AvgIpc) is 3.83. The lowest BCUT2D eigenvalue weighted by Crippen LogP contribution is -2.43. The van der Waals surface area contributed by atoms with Crippen molar-refractivity contribution in [2.45, 2.75) is 36.9 Å². The summed E-state index contributed by atoms with van der Waals surface area (Å²) in [6.07, 6.45) is 6.79. The molecule has 1 fully saturated rings. The number of carbonyl (C=O) groups is 1. The number of hydrogen-bond donors (Lipinski definition) is 5. The van der Waals surface area contributed by atoms with Crippen molar-refractivity contribution in [2.75, 3.05) is 20.3 Å². The second-order valence-corrected chi connectivity index (χ2v) is 12.2. The number of methoxy groups -OCH3 is 1. The molecule has 3 aromatic rings. The molecule has 0 bridgehead atoms. The summed E-state index contributed by atoms with van der Waals surface area (Å²) in [5.41, 5.74) is 5.05. The quantitative estimate of drug-likeness (QED) is 0.212. The van der Waals surface area contributed by atoms with Crippen molar-refractivity contribution in [3.8, 4) is 17.0 Å². The minimum Gasteiger partial charge on any atom is -0.494 e. The van der Waals surface area contributed by atoms with Crippen LogP contribution in [0.5, 0.6) is 5.75 Å². The van der Waals surface area contributed by atoms with E-state index in [4.69, 9.17) is 32.2 Å². The maximum absolute atomic E-state index is 15.2. The van der Waals surface area contributed by atoms with Gasteiger partial charge in [-0.1, -0.05) is 41.9 Å². The molecule has 12 heteroatoms. The van der Waals surface area contributed by atoms with Crippen LogP contribution in [0.1, 0.15) is 36.6 Å². The van der Waals surface area contributed by atoms with E-state index in [0.29, 0.717) is 28.8 Å². The van der Waals surface area contributed by atoms with Crippen LogP contribution in [0.4, 0.5) is 8.78 Å². The third-order valence-corrected chi connectivity index (χ3v) is 8.51. The molecule has 9 nitrogen and oxygen atoms in total. The molecule has 46 heavy (non-hydrogen) atoms. The van der Waals surface area contributed by atoms with Crippen molar-refractivity contribution in [3.63, 3.8) is 0 Å². The minimum atomic E-state index is -1.96. The molecule has 6 N–H and O–H groups in total. The van der Waals surface area contributed by atoms with Gasteiger partial charge in [0.25, 0.3) is 5.91 Å². The number of ether oxygens (including phenoxy) is 2. The van der Waals surface area contributed by atoms with Gasteiger partial charge in [-0.2, -0.15) is 0 Å². The highest BCUT2D eigenvalue weighted by atomic mass is 35.5. The van der Waals surface area contributed by atoms with Crippen LogP contribution in [0.2, 0.25) is 5.02 Å². The van der Waals surface area contributed by atoms with Crippen LogP contribution < -0.4 is 21.1 Å². The Balaban J connectivity index is 1.42. The van der Waals surface area contributed by atoms with Crippen LogP contribution in [0.3, 0.4) is 0 Å². The molecule has 0 spiro atoms. The fourth-order valence-electron chi connectivity index (χ4n) is 5.37. The number of amides is 1. The SMILES string of the molecule is COC1=CC(C(=O)NC[C@@](O)(c2ccccc2)c2cc3c(c(-c4cc(Cl)c(F)cc4F)n2)OC[C@]3(C)N)=C/C(=C/NC2CC2)C1=N. The Kier molecular flexibility index (Phi) is 8.18. The molecule has 6 rings (SSSR count). The molecule has 2 atom stereocenters. The van der Waals surface area contributed by atoms with Gasteiger partial charge >= 0.3 is 0 Å². The first-order valence-corrected chi connectivity index (χ1v) is 15.0. The van der Waals surface area contributed by atoms with Gasteiger partial charge in [0.2, 0.25) is 0 Å². The number of carbonyl (C=O) groups excluding carboxylic acids is 1. The molecular weight excluding hydrogens is 616 g/mol. The third kappa shape index (κ3) is 5.89. The van der Waals surface area contributed by atoms with E-state index in [2.05, 4.69) is 15.6 Å². The second-order valence-electron chi connectivity index (χ2n) is 11.8. The van der Waals surface area contributed by atoms with Crippen molar-refractivity contribution >= 4 is 23.2 Å². The minimum absolute atomic E-state index is 0.0270. The van der Waals surface area contributed by atoms with Gasteiger partial charge in [-0.25, -0.2) is 13.8 Å². The van der Waals surface area contributed by atoms with Crippen LogP contribution in [0, 0.1) is 17.0 Å². The summed E-state index contributed by atoms with van der Waals surface area (Å²) in [7, 11) is 1.42. The molecule has 1 amide bonds. The Hall–Kier alpha value is -4.58. The average molecular weight is 648 g/mol. The number of halogens is 3. The molecule has 3 aliphatic rings. The highest BCUT2D eigenvalue weighted by Gasteiger charge is 2.41. The van der Waals surface area contributed by atoms with Crippen molar-refractivity contribution in [2.24, 2.45) is 5.73 Å². The monoisotopic (exact) mass is 647 g/mol. The number of aromatic nitrogens is 1. The Bertz CT molecular complexity index is 1840. The number of fused-ring (bicyclic) bond motifs is 1. The lowest BCUT2D eigenvalue weighted by atomic mass is 9.85. The Morgan fingerprint density at radius 2 is 1.98 bits per heavy atom. The summed E-state index contributed by atoms with van der Waals surface area (Å²) in [4.78, 5) is 18.2. The van der Waals surface area contributed by atoms with E-state index in [1.165, 1.54) is 13.2 Å². The van der Waals surface area contributed by atoms with Gasteiger partial charge in [0, 0.05) is 40.6 Å². The van der Waals surface area contributed by atoms with Crippen LogP contribution in [0.25, 0.3) is 11.3 Å². The Labute approximate surface area is 269 Å². The van der Waals surface area contributed by atoms with Gasteiger partial charge in [-0.15, -0.1) is 0 Å². The summed E-state index contributed by atoms with van der Waals surface area (Å²) >= 11 is 6.03. The van der Waals surface area contributed by atoms with Gasteiger partial charge in [0.15, 0.2) is 5.75 Å². The zero-order valence-electron chi connectivity index (χ0n) is 25.1. The first-order chi connectivity index (χ1) is 21.9. The molecule has 1 aliphatic heterocycles. The Morgan fingerprint density at radius 1 is 1.24 bits per heavy atom. The van der Waals surface area contributed by atoms with Crippen LogP contribution in [0.15, 0.2) is 83.8 Å². The highest BCUT2D eigenvalue weighted by molar-refractivity contribution is 6.31. The highest BCUT2D eigenvalue weighted by Crippen LogP contribution is 2.45. The van der Waals surface area contributed by atoms with Crippen LogP contribution >= 0.6 is 11.6 Å². The zero-order chi connectivity index (χ0) is 32.8. The van der Waals surface area contributed by atoms with Gasteiger partial charge in [-0.3, -0.25) is 10.2 Å². The fraction of sp³-hybridized carbons (Fsp3) is 0.265. The summed E-state index contributed by atoms with van der Waals surface area (Å²) in [6, 6.07) is 12.2. The van der Waals surface area contributed by atoms with E-state index < -0.39 is 28.7 Å². The predicted molar refractivity (Wildman–Crippen MR) is 169 cm³/mol. The third-order valence-electron chi connectivity index (χ3n) is 8.22. The normalized spacial score (nSPS) is 21.1. The molecular formula is C34H32ClF2N5O4. The smallest absolute Gasteiger partial charge is 0.251 e.